The minimum Gasteiger partial charge on any atom is -0.506 e. The molecular weight excluding hydrogens is 256 g/mol. The number of nitrogens with one attached hydrogen (secondary N) is 1. The molecule has 1 unspecified atom stereocenters. The smallest absolute Gasteiger partial charge is 0.251 e. The fourth-order valence-corrected chi connectivity index (χ4v) is 1.85. The molecule has 0 radical (unpaired) electrons. The van der Waals surface area contributed by atoms with E-state index in [2.05, 4.69) is 5.32 Å². The number of hydrogen-bond acceptors (Lipinski definition) is 4. The van der Waals surface area contributed by atoms with Crippen molar-refractivity contribution in [2.45, 2.75) is 6.04 Å². The summed E-state index contributed by atoms with van der Waals surface area (Å²) in [6.45, 7) is -0.212. The predicted molar refractivity (Wildman–Crippen MR) is 76.3 cm³/mol. The lowest BCUT2D eigenvalue weighted by atomic mass is 10.1. The third kappa shape index (κ3) is 3.07. The predicted octanol–water partition coefficient (Wildman–Crippen LogP) is 1.44. The summed E-state index contributed by atoms with van der Waals surface area (Å²) in [7, 11) is 0. The number of aliphatic hydroxyl groups excluding tert-OH is 1. The van der Waals surface area contributed by atoms with E-state index in [1.54, 1.807) is 0 Å². The number of aromatic hydroxyl groups is 1. The van der Waals surface area contributed by atoms with Crippen LogP contribution in [0.3, 0.4) is 0 Å². The first-order valence-electron chi connectivity index (χ1n) is 6.17. The molecule has 0 aromatic heterocycles. The molecule has 1 atom stereocenters. The number of carbonyl (C=O) groups excluding carboxylic acids is 1. The van der Waals surface area contributed by atoms with Crippen molar-refractivity contribution >= 4 is 11.6 Å². The molecule has 0 aliphatic carbocycles. The van der Waals surface area contributed by atoms with Crippen LogP contribution in [0.2, 0.25) is 0 Å². The number of aliphatic hydroxyl groups is 1. The van der Waals surface area contributed by atoms with Gasteiger partial charge in [0.15, 0.2) is 0 Å². The minimum absolute atomic E-state index is 0.141. The second-order valence-corrected chi connectivity index (χ2v) is 4.39. The van der Waals surface area contributed by atoms with E-state index in [1.807, 2.05) is 30.3 Å². The molecule has 20 heavy (non-hydrogen) atoms. The zero-order valence-corrected chi connectivity index (χ0v) is 10.8. The van der Waals surface area contributed by atoms with Crippen molar-refractivity contribution in [1.29, 1.82) is 0 Å². The van der Waals surface area contributed by atoms with Gasteiger partial charge in [0.25, 0.3) is 5.91 Å². The van der Waals surface area contributed by atoms with Crippen molar-refractivity contribution < 1.29 is 15.0 Å². The number of nitrogens with two attached hydrogens (primary N) is 1. The van der Waals surface area contributed by atoms with Crippen molar-refractivity contribution in [2.24, 2.45) is 0 Å². The highest BCUT2D eigenvalue weighted by atomic mass is 16.3. The average molecular weight is 272 g/mol. The summed E-state index contributed by atoms with van der Waals surface area (Å²) >= 11 is 0. The van der Waals surface area contributed by atoms with Crippen LogP contribution in [0.1, 0.15) is 22.0 Å². The fourth-order valence-electron chi connectivity index (χ4n) is 1.85. The van der Waals surface area contributed by atoms with Crippen molar-refractivity contribution in [3.05, 3.63) is 59.7 Å². The number of carbonyl (C=O) groups is 1. The molecule has 2 aromatic rings. The second kappa shape index (κ2) is 6.08. The summed E-state index contributed by atoms with van der Waals surface area (Å²) in [5, 5.41) is 21.6. The van der Waals surface area contributed by atoms with Gasteiger partial charge in [-0.3, -0.25) is 4.79 Å². The molecule has 1 amide bonds. The maximum atomic E-state index is 12.1. The van der Waals surface area contributed by atoms with Crippen LogP contribution in [0.15, 0.2) is 48.5 Å². The van der Waals surface area contributed by atoms with E-state index < -0.39 is 6.04 Å². The lowest BCUT2D eigenvalue weighted by Gasteiger charge is -2.17. The largest absolute Gasteiger partial charge is 0.506 e. The Kier molecular flexibility index (Phi) is 4.22. The number of benzene rings is 2. The van der Waals surface area contributed by atoms with Gasteiger partial charge in [-0.05, 0) is 23.8 Å². The van der Waals surface area contributed by atoms with Gasteiger partial charge < -0.3 is 21.3 Å². The third-order valence-corrected chi connectivity index (χ3v) is 2.98. The number of rotatable bonds is 4. The van der Waals surface area contributed by atoms with Gasteiger partial charge in [-0.1, -0.05) is 30.3 Å². The van der Waals surface area contributed by atoms with Crippen molar-refractivity contribution in [3.8, 4) is 5.75 Å². The monoisotopic (exact) mass is 272 g/mol. The second-order valence-electron chi connectivity index (χ2n) is 4.39. The molecule has 0 fully saturated rings. The van der Waals surface area contributed by atoms with Crippen LogP contribution in [-0.4, -0.2) is 22.7 Å². The Hall–Kier alpha value is -2.53. The molecule has 5 N–H and O–H groups in total. The van der Waals surface area contributed by atoms with E-state index in [9.17, 15) is 15.0 Å². The fraction of sp³-hybridized carbons (Fsp3) is 0.133. The topological polar surface area (TPSA) is 95.6 Å². The van der Waals surface area contributed by atoms with E-state index >= 15 is 0 Å². The first kappa shape index (κ1) is 13.9. The van der Waals surface area contributed by atoms with Gasteiger partial charge in [0.05, 0.1) is 18.3 Å². The van der Waals surface area contributed by atoms with Gasteiger partial charge in [-0.2, -0.15) is 0 Å². The van der Waals surface area contributed by atoms with E-state index in [0.717, 1.165) is 5.56 Å². The summed E-state index contributed by atoms with van der Waals surface area (Å²) in [6.07, 6.45) is 0. The van der Waals surface area contributed by atoms with Crippen molar-refractivity contribution in [3.63, 3.8) is 0 Å². The quantitative estimate of drug-likeness (QED) is 0.500. The van der Waals surface area contributed by atoms with Crippen LogP contribution in [0.25, 0.3) is 0 Å². The molecule has 104 valence electrons. The van der Waals surface area contributed by atoms with Gasteiger partial charge in [0.2, 0.25) is 0 Å². The standard InChI is InChI=1S/C15H16N2O3/c16-12-7-6-11(8-14(12)19)15(20)17-13(9-18)10-4-2-1-3-5-10/h1-8,13,18-19H,9,16H2,(H,17,20). The molecule has 0 aliphatic heterocycles. The normalized spacial score (nSPS) is 11.8. The summed E-state index contributed by atoms with van der Waals surface area (Å²) in [6, 6.07) is 12.9. The highest BCUT2D eigenvalue weighted by molar-refractivity contribution is 5.95. The minimum atomic E-state index is -0.497. The Labute approximate surface area is 116 Å². The lowest BCUT2D eigenvalue weighted by molar-refractivity contribution is 0.0916. The Balaban J connectivity index is 2.15. The van der Waals surface area contributed by atoms with Gasteiger partial charge in [0.1, 0.15) is 5.75 Å². The van der Waals surface area contributed by atoms with Crippen molar-refractivity contribution in [2.75, 3.05) is 12.3 Å². The number of phenolic OH excluding ortho intramolecular Hbond substituents is 1. The average Bonchev–Trinajstić information content (AvgIpc) is 2.48. The van der Waals surface area contributed by atoms with E-state index in [1.165, 1.54) is 18.2 Å². The highest BCUT2D eigenvalue weighted by Crippen LogP contribution is 2.21. The van der Waals surface area contributed by atoms with E-state index in [-0.39, 0.29) is 29.5 Å². The van der Waals surface area contributed by atoms with Crippen LogP contribution >= 0.6 is 0 Å². The molecule has 5 nitrogen and oxygen atoms in total. The number of phenols is 1. The molecule has 2 rings (SSSR count). The van der Waals surface area contributed by atoms with Gasteiger partial charge in [0, 0.05) is 5.56 Å². The summed E-state index contributed by atoms with van der Waals surface area (Å²) in [5.41, 5.74) is 6.79. The molecule has 0 aliphatic rings. The third-order valence-electron chi connectivity index (χ3n) is 2.98. The first-order chi connectivity index (χ1) is 9.61. The van der Waals surface area contributed by atoms with Crippen LogP contribution in [0.5, 0.6) is 5.75 Å². The van der Waals surface area contributed by atoms with E-state index in [4.69, 9.17) is 5.73 Å². The number of anilines is 1. The Morgan fingerprint density at radius 1 is 1.20 bits per heavy atom. The van der Waals surface area contributed by atoms with Gasteiger partial charge in [-0.15, -0.1) is 0 Å². The van der Waals surface area contributed by atoms with E-state index in [0.29, 0.717) is 0 Å². The van der Waals surface area contributed by atoms with Crippen LogP contribution < -0.4 is 11.1 Å². The highest BCUT2D eigenvalue weighted by Gasteiger charge is 2.15. The van der Waals surface area contributed by atoms with Crippen LogP contribution in [0, 0.1) is 0 Å². The molecule has 0 heterocycles. The first-order valence-corrected chi connectivity index (χ1v) is 6.17. The molecular formula is C15H16N2O3. The molecule has 0 bridgehead atoms. The summed E-state index contributed by atoms with van der Waals surface area (Å²) in [5.74, 6) is -0.527. The SMILES string of the molecule is Nc1ccc(C(=O)NC(CO)c2ccccc2)cc1O. The maximum absolute atomic E-state index is 12.1. The molecule has 0 spiro atoms. The lowest BCUT2D eigenvalue weighted by Crippen LogP contribution is -2.30. The Bertz CT molecular complexity index is 599. The molecule has 0 saturated heterocycles. The van der Waals surface area contributed by atoms with Crippen LogP contribution in [0.4, 0.5) is 5.69 Å². The number of hydrogen-bond donors (Lipinski definition) is 4. The van der Waals surface area contributed by atoms with Crippen LogP contribution in [-0.2, 0) is 0 Å². The summed E-state index contributed by atoms with van der Waals surface area (Å²) < 4.78 is 0. The van der Waals surface area contributed by atoms with Gasteiger partial charge in [-0.25, -0.2) is 0 Å². The zero-order chi connectivity index (χ0) is 14.5. The maximum Gasteiger partial charge on any atom is 0.251 e. The number of nitrogen functional groups attached to an aromatic ring is 1. The zero-order valence-electron chi connectivity index (χ0n) is 10.8. The van der Waals surface area contributed by atoms with Crippen molar-refractivity contribution in [1.82, 2.24) is 5.32 Å². The summed E-state index contributed by atoms with van der Waals surface area (Å²) in [4.78, 5) is 12.1. The molecule has 5 heteroatoms. The Morgan fingerprint density at radius 3 is 2.50 bits per heavy atom. The number of amides is 1. The van der Waals surface area contributed by atoms with Gasteiger partial charge >= 0.3 is 0 Å². The molecule has 0 saturated carbocycles. The molecule has 2 aromatic carbocycles. The Morgan fingerprint density at radius 2 is 1.90 bits per heavy atom.